The molecule has 0 atom stereocenters. The Hall–Kier alpha value is -2.03. The number of nitrogens with zero attached hydrogens (tertiary/aromatic N) is 4. The Morgan fingerprint density at radius 2 is 2.28 bits per heavy atom. The second-order valence-corrected chi connectivity index (χ2v) is 6.78. The number of hydrogen-bond acceptors (Lipinski definition) is 6. The average Bonchev–Trinajstić information content (AvgIpc) is 3.26. The smallest absolute Gasteiger partial charge is 0.236 e. The van der Waals surface area contributed by atoms with Gasteiger partial charge in [0.25, 0.3) is 0 Å². The van der Waals surface area contributed by atoms with Crippen LogP contribution < -0.4 is 5.32 Å². The highest BCUT2D eigenvalue weighted by Gasteiger charge is 2.14. The molecule has 0 aromatic carbocycles. The summed E-state index contributed by atoms with van der Waals surface area (Å²) in [5.41, 5.74) is 0.666. The molecule has 0 unspecified atom stereocenters. The number of thioether (sulfide) groups is 1. The van der Waals surface area contributed by atoms with Gasteiger partial charge in [0.1, 0.15) is 12.1 Å². The van der Waals surface area contributed by atoms with Crippen molar-refractivity contribution < 1.29 is 9.21 Å². The summed E-state index contributed by atoms with van der Waals surface area (Å²) < 4.78 is 7.10. The van der Waals surface area contributed by atoms with Crippen LogP contribution in [0.5, 0.6) is 0 Å². The minimum atomic E-state index is -0.256. The van der Waals surface area contributed by atoms with Crippen LogP contribution in [0.1, 0.15) is 11.3 Å². The van der Waals surface area contributed by atoms with Crippen LogP contribution in [0.2, 0.25) is 10.0 Å². The largest absolute Gasteiger partial charge is 0.467 e. The molecule has 0 saturated heterocycles. The maximum atomic E-state index is 12.1. The zero-order valence-electron chi connectivity index (χ0n) is 13.1. The number of halogens is 2. The molecule has 0 aliphatic carbocycles. The molecule has 3 aromatic rings. The first-order valence-corrected chi connectivity index (χ1v) is 8.92. The predicted octanol–water partition coefficient (Wildman–Crippen LogP) is 3.66. The van der Waals surface area contributed by atoms with Gasteiger partial charge < -0.3 is 14.3 Å². The van der Waals surface area contributed by atoms with E-state index in [4.69, 9.17) is 27.6 Å². The third-order valence-corrected chi connectivity index (χ3v) is 5.10. The molecule has 3 aromatic heterocycles. The van der Waals surface area contributed by atoms with E-state index in [1.54, 1.807) is 24.1 Å². The van der Waals surface area contributed by atoms with Crippen LogP contribution in [0, 0.1) is 6.92 Å². The van der Waals surface area contributed by atoms with Crippen molar-refractivity contribution in [2.75, 3.05) is 11.1 Å². The summed E-state index contributed by atoms with van der Waals surface area (Å²) in [6.07, 6.45) is 4.64. The molecule has 1 N–H and O–H groups in total. The van der Waals surface area contributed by atoms with Crippen molar-refractivity contribution in [3.63, 3.8) is 0 Å². The van der Waals surface area contributed by atoms with Crippen molar-refractivity contribution in [1.29, 1.82) is 0 Å². The highest BCUT2D eigenvalue weighted by atomic mass is 35.5. The van der Waals surface area contributed by atoms with Gasteiger partial charge in [-0.2, -0.15) is 0 Å². The topological polar surface area (TPSA) is 85.8 Å². The molecule has 0 fully saturated rings. The third kappa shape index (κ3) is 4.33. The Balaban J connectivity index is 1.60. The lowest BCUT2D eigenvalue weighted by molar-refractivity contribution is -0.113. The maximum absolute atomic E-state index is 12.1. The first-order chi connectivity index (χ1) is 12.0. The van der Waals surface area contributed by atoms with E-state index in [9.17, 15) is 4.79 Å². The number of amides is 1. The second-order valence-electron chi connectivity index (χ2n) is 5.05. The van der Waals surface area contributed by atoms with E-state index < -0.39 is 0 Å². The summed E-state index contributed by atoms with van der Waals surface area (Å²) in [7, 11) is 0. The van der Waals surface area contributed by atoms with Gasteiger partial charge in [0.15, 0.2) is 11.0 Å². The second kappa shape index (κ2) is 7.90. The molecule has 0 radical (unpaired) electrons. The van der Waals surface area contributed by atoms with Crippen LogP contribution in [0.15, 0.2) is 40.5 Å². The van der Waals surface area contributed by atoms with Gasteiger partial charge in [-0.25, -0.2) is 4.98 Å². The lowest BCUT2D eigenvalue weighted by atomic mass is 10.3. The van der Waals surface area contributed by atoms with E-state index in [0.717, 1.165) is 5.76 Å². The van der Waals surface area contributed by atoms with Crippen molar-refractivity contribution in [1.82, 2.24) is 19.7 Å². The molecule has 1 amide bonds. The minimum Gasteiger partial charge on any atom is -0.467 e. The lowest BCUT2D eigenvalue weighted by Crippen LogP contribution is -2.16. The number of pyridine rings is 1. The number of rotatable bonds is 6. The number of anilines is 1. The van der Waals surface area contributed by atoms with Crippen molar-refractivity contribution in [3.05, 3.63) is 52.3 Å². The number of carbonyl (C=O) groups is 1. The van der Waals surface area contributed by atoms with E-state index in [1.165, 1.54) is 18.0 Å². The minimum absolute atomic E-state index is 0.135. The number of furan rings is 1. The van der Waals surface area contributed by atoms with Gasteiger partial charge >= 0.3 is 0 Å². The highest BCUT2D eigenvalue weighted by Crippen LogP contribution is 2.28. The Morgan fingerprint density at radius 3 is 3.04 bits per heavy atom. The van der Waals surface area contributed by atoms with E-state index in [-0.39, 0.29) is 17.5 Å². The lowest BCUT2D eigenvalue weighted by Gasteiger charge is -2.09. The maximum Gasteiger partial charge on any atom is 0.236 e. The van der Waals surface area contributed by atoms with Crippen LogP contribution in [-0.2, 0) is 11.3 Å². The summed E-state index contributed by atoms with van der Waals surface area (Å²) in [5.74, 6) is 0.940. The molecule has 0 saturated carbocycles. The predicted molar refractivity (Wildman–Crippen MR) is 96.2 cm³/mol. The van der Waals surface area contributed by atoms with Gasteiger partial charge in [-0.1, -0.05) is 35.0 Å². The molecule has 0 aliphatic rings. The van der Waals surface area contributed by atoms with Crippen molar-refractivity contribution in [3.8, 4) is 0 Å². The fourth-order valence-electron chi connectivity index (χ4n) is 1.98. The number of nitrogens with one attached hydrogen (secondary N) is 1. The van der Waals surface area contributed by atoms with Gasteiger partial charge in [-0.3, -0.25) is 4.79 Å². The van der Waals surface area contributed by atoms with Crippen LogP contribution in [-0.4, -0.2) is 31.4 Å². The van der Waals surface area contributed by atoms with Crippen LogP contribution >= 0.6 is 35.0 Å². The Morgan fingerprint density at radius 1 is 1.44 bits per heavy atom. The fourth-order valence-corrected chi connectivity index (χ4v) is 3.08. The van der Waals surface area contributed by atoms with Crippen molar-refractivity contribution >= 4 is 46.7 Å². The number of aromatic nitrogens is 4. The standard InChI is InChI=1S/C15H13Cl2N5O2S/c1-9-11(16)5-18-14(13(9)17)20-12(23)7-25-15-21-19-8-22(15)6-10-3-2-4-24-10/h2-5,8H,6-7H2,1H3,(H,18,20,23). The fraction of sp³-hybridized carbons (Fsp3) is 0.200. The Kier molecular flexibility index (Phi) is 5.62. The SMILES string of the molecule is Cc1c(Cl)cnc(NC(=O)CSc2nncn2Cc2ccco2)c1Cl. The molecule has 7 nitrogen and oxygen atoms in total. The van der Waals surface area contributed by atoms with Gasteiger partial charge in [0.2, 0.25) is 5.91 Å². The zero-order chi connectivity index (χ0) is 17.8. The summed E-state index contributed by atoms with van der Waals surface area (Å²) in [6.45, 7) is 2.25. The normalized spacial score (nSPS) is 10.8. The monoisotopic (exact) mass is 397 g/mol. The molecule has 25 heavy (non-hydrogen) atoms. The van der Waals surface area contributed by atoms with Gasteiger partial charge in [-0.15, -0.1) is 10.2 Å². The van der Waals surface area contributed by atoms with Crippen LogP contribution in [0.25, 0.3) is 0 Å². The molecule has 3 rings (SSSR count). The highest BCUT2D eigenvalue weighted by molar-refractivity contribution is 7.99. The van der Waals surface area contributed by atoms with Crippen molar-refractivity contribution in [2.45, 2.75) is 18.6 Å². The summed E-state index contributed by atoms with van der Waals surface area (Å²) in [6, 6.07) is 3.67. The van der Waals surface area contributed by atoms with E-state index in [2.05, 4.69) is 20.5 Å². The zero-order valence-corrected chi connectivity index (χ0v) is 15.4. The number of carbonyl (C=O) groups excluding carboxylic acids is 1. The molecular formula is C15H13Cl2N5O2S. The van der Waals surface area contributed by atoms with Gasteiger partial charge in [0, 0.05) is 6.20 Å². The van der Waals surface area contributed by atoms with Gasteiger partial charge in [-0.05, 0) is 24.6 Å². The first-order valence-electron chi connectivity index (χ1n) is 7.18. The number of hydrogen-bond donors (Lipinski definition) is 1. The Bertz CT molecular complexity index is 882. The third-order valence-electron chi connectivity index (χ3n) is 3.28. The molecule has 0 bridgehead atoms. The molecule has 0 spiro atoms. The molecule has 10 heteroatoms. The average molecular weight is 398 g/mol. The quantitative estimate of drug-likeness (QED) is 0.638. The molecular weight excluding hydrogens is 385 g/mol. The van der Waals surface area contributed by atoms with Crippen molar-refractivity contribution in [2.24, 2.45) is 0 Å². The molecule has 3 heterocycles. The van der Waals surface area contributed by atoms with Crippen LogP contribution in [0.3, 0.4) is 0 Å². The summed E-state index contributed by atoms with van der Waals surface area (Å²) >= 11 is 13.3. The Labute approximate surface area is 157 Å². The molecule has 0 aliphatic heterocycles. The van der Waals surface area contributed by atoms with Gasteiger partial charge in [0.05, 0.1) is 28.6 Å². The summed E-state index contributed by atoms with van der Waals surface area (Å²) in [4.78, 5) is 16.2. The summed E-state index contributed by atoms with van der Waals surface area (Å²) in [5, 5.41) is 11.9. The molecule has 130 valence electrons. The van der Waals surface area contributed by atoms with E-state index >= 15 is 0 Å². The van der Waals surface area contributed by atoms with Crippen LogP contribution in [0.4, 0.5) is 5.82 Å². The van der Waals surface area contributed by atoms with E-state index in [1.807, 2.05) is 12.1 Å². The first kappa shape index (κ1) is 17.8. The van der Waals surface area contributed by atoms with E-state index in [0.29, 0.717) is 27.3 Å².